The number of aromatic nitrogens is 3. The third kappa shape index (κ3) is 4.42. The molecule has 15 heteroatoms. The van der Waals surface area contributed by atoms with E-state index in [0.29, 0.717) is 0 Å². The molecule has 0 unspecified atom stereocenters. The van der Waals surface area contributed by atoms with Crippen molar-refractivity contribution in [2.45, 2.75) is 19.6 Å². The third-order valence-corrected chi connectivity index (χ3v) is 2.85. The molecule has 0 spiro atoms. The molecule has 0 aliphatic carbocycles. The molecular formula is C9H12N12O3. The SMILES string of the molecule is [N-]=[N+]=NCCn1c(=O)n(CCN=[N+]=[N-])c(=O)n(CCN=[N+]=[N-])c1=O. The van der Waals surface area contributed by atoms with E-state index < -0.39 is 17.1 Å². The van der Waals surface area contributed by atoms with Crippen LogP contribution in [0.3, 0.4) is 0 Å². The largest absolute Gasteiger partial charge is 0.336 e. The normalized spacial score (nSPS) is 9.50. The lowest BCUT2D eigenvalue weighted by atomic mass is 10.5. The van der Waals surface area contributed by atoms with Crippen molar-refractivity contribution in [1.82, 2.24) is 13.7 Å². The fourth-order valence-electron chi connectivity index (χ4n) is 1.82. The van der Waals surface area contributed by atoms with E-state index in [1.54, 1.807) is 0 Å². The molecule has 0 aliphatic rings. The molecule has 0 radical (unpaired) electrons. The predicted octanol–water partition coefficient (Wildman–Crippen LogP) is 0.103. The Morgan fingerprint density at radius 1 is 0.625 bits per heavy atom. The predicted molar refractivity (Wildman–Crippen MR) is 81.3 cm³/mol. The fraction of sp³-hybridized carbons (Fsp3) is 0.667. The molecule has 0 fully saturated rings. The van der Waals surface area contributed by atoms with Crippen LogP contribution in [0.2, 0.25) is 0 Å². The van der Waals surface area contributed by atoms with Gasteiger partial charge in [0.15, 0.2) is 0 Å². The average Bonchev–Trinajstić information content (AvgIpc) is 2.57. The second-order valence-electron chi connectivity index (χ2n) is 4.17. The van der Waals surface area contributed by atoms with Crippen LogP contribution in [0.25, 0.3) is 31.3 Å². The first-order valence-corrected chi connectivity index (χ1v) is 6.55. The van der Waals surface area contributed by atoms with Crippen molar-refractivity contribution in [3.05, 3.63) is 62.8 Å². The molecule has 0 saturated carbocycles. The van der Waals surface area contributed by atoms with Crippen LogP contribution < -0.4 is 17.1 Å². The molecular weight excluding hydrogens is 324 g/mol. The van der Waals surface area contributed by atoms with Gasteiger partial charge in [-0.05, 0) is 16.6 Å². The van der Waals surface area contributed by atoms with Crippen molar-refractivity contribution >= 4 is 0 Å². The first kappa shape index (κ1) is 18.4. The van der Waals surface area contributed by atoms with Crippen molar-refractivity contribution in [3.63, 3.8) is 0 Å². The molecule has 1 aromatic heterocycles. The molecule has 0 atom stereocenters. The Bertz CT molecular complexity index is 754. The van der Waals surface area contributed by atoms with Crippen molar-refractivity contribution in [1.29, 1.82) is 0 Å². The van der Waals surface area contributed by atoms with Crippen LogP contribution >= 0.6 is 0 Å². The Balaban J connectivity index is 3.44. The summed E-state index contributed by atoms with van der Waals surface area (Å²) in [5, 5.41) is 9.70. The van der Waals surface area contributed by atoms with Crippen LogP contribution in [0.1, 0.15) is 0 Å². The van der Waals surface area contributed by atoms with Crippen LogP contribution in [0.4, 0.5) is 0 Å². The quantitative estimate of drug-likeness (QED) is 0.349. The van der Waals surface area contributed by atoms with Gasteiger partial charge in [-0.1, -0.05) is 15.3 Å². The second-order valence-corrected chi connectivity index (χ2v) is 4.17. The second kappa shape index (κ2) is 9.38. The molecule has 0 aliphatic heterocycles. The molecule has 0 saturated heterocycles. The monoisotopic (exact) mass is 336 g/mol. The minimum atomic E-state index is -0.911. The van der Waals surface area contributed by atoms with Crippen LogP contribution in [0, 0.1) is 0 Å². The topological polar surface area (TPSA) is 212 Å². The Hall–Kier alpha value is -3.66. The molecule has 15 nitrogen and oxygen atoms in total. The summed E-state index contributed by atoms with van der Waals surface area (Å²) in [7, 11) is 0. The molecule has 0 aromatic carbocycles. The number of rotatable bonds is 9. The van der Waals surface area contributed by atoms with Crippen molar-refractivity contribution in [3.8, 4) is 0 Å². The van der Waals surface area contributed by atoms with E-state index in [0.717, 1.165) is 13.7 Å². The highest BCUT2D eigenvalue weighted by molar-refractivity contribution is 4.80. The standard InChI is InChI=1S/C9H12N12O3/c10-16-13-1-4-19-7(22)20(5-2-14-17-11)9(24)21(8(19)23)6-3-15-18-12/h1-6H2. The molecule has 24 heavy (non-hydrogen) atoms. The van der Waals surface area contributed by atoms with Gasteiger partial charge in [0.2, 0.25) is 0 Å². The van der Waals surface area contributed by atoms with Crippen LogP contribution in [-0.2, 0) is 19.6 Å². The summed E-state index contributed by atoms with van der Waals surface area (Å²) in [4.78, 5) is 44.3. The number of hydrogen-bond donors (Lipinski definition) is 0. The molecule has 0 amide bonds. The smallest absolute Gasteiger partial charge is 0.247 e. The number of nitrogens with zero attached hydrogens (tertiary/aromatic N) is 12. The van der Waals surface area contributed by atoms with E-state index in [2.05, 4.69) is 30.1 Å². The van der Waals surface area contributed by atoms with Gasteiger partial charge < -0.3 is 0 Å². The number of hydrogen-bond acceptors (Lipinski definition) is 6. The Labute approximate surface area is 132 Å². The minimum Gasteiger partial charge on any atom is -0.247 e. The van der Waals surface area contributed by atoms with E-state index in [1.807, 2.05) is 0 Å². The van der Waals surface area contributed by atoms with E-state index >= 15 is 0 Å². The van der Waals surface area contributed by atoms with Gasteiger partial charge in [-0.2, -0.15) is 0 Å². The van der Waals surface area contributed by atoms with Gasteiger partial charge in [0.05, 0.1) is 0 Å². The first-order valence-electron chi connectivity index (χ1n) is 6.55. The molecule has 126 valence electrons. The van der Waals surface area contributed by atoms with Crippen LogP contribution in [-0.4, -0.2) is 33.3 Å². The zero-order chi connectivity index (χ0) is 17.9. The van der Waals surface area contributed by atoms with Crippen molar-refractivity contribution in [2.24, 2.45) is 15.3 Å². The third-order valence-electron chi connectivity index (χ3n) is 2.85. The molecule has 1 rings (SSSR count). The van der Waals surface area contributed by atoms with Crippen LogP contribution in [0.5, 0.6) is 0 Å². The Morgan fingerprint density at radius 2 is 0.875 bits per heavy atom. The van der Waals surface area contributed by atoms with E-state index in [-0.39, 0.29) is 39.3 Å². The first-order chi connectivity index (χ1) is 11.6. The fourth-order valence-corrected chi connectivity index (χ4v) is 1.82. The lowest BCUT2D eigenvalue weighted by Crippen LogP contribution is -2.55. The molecule has 0 bridgehead atoms. The van der Waals surface area contributed by atoms with Gasteiger partial charge in [-0.25, -0.2) is 28.1 Å². The molecule has 0 N–H and O–H groups in total. The average molecular weight is 336 g/mol. The van der Waals surface area contributed by atoms with Gasteiger partial charge >= 0.3 is 17.1 Å². The Morgan fingerprint density at radius 3 is 1.08 bits per heavy atom. The lowest BCUT2D eigenvalue weighted by Gasteiger charge is -2.12. The highest BCUT2D eigenvalue weighted by atomic mass is 16.2. The summed E-state index contributed by atoms with van der Waals surface area (Å²) >= 11 is 0. The summed E-state index contributed by atoms with van der Waals surface area (Å²) in [5.41, 5.74) is 22.1. The minimum absolute atomic E-state index is 0.170. The van der Waals surface area contributed by atoms with Gasteiger partial charge in [-0.15, -0.1) is 0 Å². The highest BCUT2D eigenvalue weighted by Crippen LogP contribution is 1.83. The van der Waals surface area contributed by atoms with Crippen molar-refractivity contribution < 1.29 is 0 Å². The summed E-state index contributed by atoms with van der Waals surface area (Å²) in [6.45, 7) is -1.20. The van der Waals surface area contributed by atoms with Gasteiger partial charge in [0.25, 0.3) is 0 Å². The zero-order valence-electron chi connectivity index (χ0n) is 12.3. The molecule has 1 aromatic rings. The summed E-state index contributed by atoms with van der Waals surface area (Å²) in [6, 6.07) is 0. The maximum Gasteiger partial charge on any atom is 0.336 e. The number of azide groups is 3. The maximum atomic E-state index is 12.2. The van der Waals surface area contributed by atoms with Crippen molar-refractivity contribution in [2.75, 3.05) is 19.6 Å². The van der Waals surface area contributed by atoms with E-state index in [4.69, 9.17) is 16.6 Å². The Kier molecular flexibility index (Phi) is 7.18. The van der Waals surface area contributed by atoms with E-state index in [9.17, 15) is 14.4 Å². The lowest BCUT2D eigenvalue weighted by molar-refractivity contribution is 0.452. The summed E-state index contributed by atoms with van der Waals surface area (Å²) in [5.74, 6) is 0. The zero-order valence-corrected chi connectivity index (χ0v) is 12.3. The van der Waals surface area contributed by atoms with E-state index in [1.165, 1.54) is 0 Å². The summed E-state index contributed by atoms with van der Waals surface area (Å²) < 4.78 is 2.17. The van der Waals surface area contributed by atoms with Gasteiger partial charge in [0.1, 0.15) is 0 Å². The van der Waals surface area contributed by atoms with Gasteiger partial charge in [-0.3, -0.25) is 0 Å². The highest BCUT2D eigenvalue weighted by Gasteiger charge is 2.14. The van der Waals surface area contributed by atoms with Gasteiger partial charge in [0, 0.05) is 54.0 Å². The summed E-state index contributed by atoms with van der Waals surface area (Å²) in [6.07, 6.45) is 0. The van der Waals surface area contributed by atoms with Crippen LogP contribution in [0.15, 0.2) is 29.7 Å². The molecule has 1 heterocycles. The maximum absolute atomic E-state index is 12.2.